The van der Waals surface area contributed by atoms with Gasteiger partial charge in [-0.3, -0.25) is 4.79 Å². The van der Waals surface area contributed by atoms with Crippen LogP contribution in [0.15, 0.2) is 59.5 Å². The summed E-state index contributed by atoms with van der Waals surface area (Å²) in [6, 6.07) is 15.7. The summed E-state index contributed by atoms with van der Waals surface area (Å²) in [5.74, 6) is -0.294. The zero-order valence-corrected chi connectivity index (χ0v) is 15.4. The largest absolute Gasteiger partial charge is 0.348 e. The Kier molecular flexibility index (Phi) is 6.73. The van der Waals surface area contributed by atoms with Crippen LogP contribution in [-0.2, 0) is 16.6 Å². The van der Waals surface area contributed by atoms with E-state index in [-0.39, 0.29) is 10.8 Å². The highest BCUT2D eigenvalue weighted by atomic mass is 32.2. The van der Waals surface area contributed by atoms with Crippen LogP contribution in [-0.4, -0.2) is 32.2 Å². The Balaban J connectivity index is 2.11. The summed E-state index contributed by atoms with van der Waals surface area (Å²) in [6.45, 7) is 2.87. The minimum atomic E-state index is -3.58. The standard InChI is InChI=1S/C19H24N2O3S/c1-3-4-13-21(2)25(23,24)18-12-8-11-17(14-18)19(22)20-15-16-9-6-5-7-10-16/h5-12,14H,3-4,13,15H2,1-2H3,(H,20,22). The van der Waals surface area contributed by atoms with Crippen molar-refractivity contribution in [2.45, 2.75) is 31.2 Å². The minimum Gasteiger partial charge on any atom is -0.348 e. The number of amides is 1. The molecule has 2 aromatic carbocycles. The molecule has 1 amide bonds. The second-order valence-corrected chi connectivity index (χ2v) is 7.92. The van der Waals surface area contributed by atoms with Gasteiger partial charge >= 0.3 is 0 Å². The van der Waals surface area contributed by atoms with Gasteiger partial charge in [-0.05, 0) is 30.2 Å². The number of hydrogen-bond donors (Lipinski definition) is 1. The number of nitrogens with one attached hydrogen (secondary N) is 1. The maximum Gasteiger partial charge on any atom is 0.251 e. The van der Waals surface area contributed by atoms with Crippen molar-refractivity contribution >= 4 is 15.9 Å². The highest BCUT2D eigenvalue weighted by Crippen LogP contribution is 2.16. The molecule has 0 atom stereocenters. The number of unbranched alkanes of at least 4 members (excludes halogenated alkanes) is 1. The van der Waals surface area contributed by atoms with Crippen LogP contribution >= 0.6 is 0 Å². The van der Waals surface area contributed by atoms with E-state index in [1.54, 1.807) is 19.2 Å². The molecule has 0 aromatic heterocycles. The number of hydrogen-bond acceptors (Lipinski definition) is 3. The van der Waals surface area contributed by atoms with Gasteiger partial charge in [-0.15, -0.1) is 0 Å². The predicted molar refractivity (Wildman–Crippen MR) is 98.8 cm³/mol. The molecular formula is C19H24N2O3S. The molecule has 0 heterocycles. The van der Waals surface area contributed by atoms with E-state index in [0.717, 1.165) is 18.4 Å². The van der Waals surface area contributed by atoms with Crippen LogP contribution in [0.3, 0.4) is 0 Å². The number of carbonyl (C=O) groups is 1. The van der Waals surface area contributed by atoms with Gasteiger partial charge in [0.2, 0.25) is 10.0 Å². The summed E-state index contributed by atoms with van der Waals surface area (Å²) in [6.07, 6.45) is 1.72. The van der Waals surface area contributed by atoms with E-state index in [1.807, 2.05) is 37.3 Å². The third-order valence-corrected chi connectivity index (χ3v) is 5.78. The lowest BCUT2D eigenvalue weighted by molar-refractivity contribution is 0.0950. The fourth-order valence-corrected chi connectivity index (χ4v) is 3.61. The average Bonchev–Trinajstić information content (AvgIpc) is 2.65. The molecule has 0 spiro atoms. The fraction of sp³-hybridized carbons (Fsp3) is 0.316. The van der Waals surface area contributed by atoms with Gasteiger partial charge in [0.15, 0.2) is 0 Å². The smallest absolute Gasteiger partial charge is 0.251 e. The molecular weight excluding hydrogens is 336 g/mol. The third kappa shape index (κ3) is 5.14. The summed E-state index contributed by atoms with van der Waals surface area (Å²) in [5, 5.41) is 2.81. The Morgan fingerprint density at radius 1 is 1.08 bits per heavy atom. The maximum atomic E-state index is 12.6. The van der Waals surface area contributed by atoms with Crippen molar-refractivity contribution in [1.29, 1.82) is 0 Å². The van der Waals surface area contributed by atoms with Gasteiger partial charge in [-0.2, -0.15) is 0 Å². The van der Waals surface area contributed by atoms with E-state index < -0.39 is 10.0 Å². The molecule has 0 saturated heterocycles. The summed E-state index contributed by atoms with van der Waals surface area (Å²) < 4.78 is 26.5. The van der Waals surface area contributed by atoms with E-state index in [4.69, 9.17) is 0 Å². The van der Waals surface area contributed by atoms with Crippen molar-refractivity contribution in [2.24, 2.45) is 0 Å². The van der Waals surface area contributed by atoms with Crippen LogP contribution in [0.1, 0.15) is 35.7 Å². The first-order chi connectivity index (χ1) is 11.9. The van der Waals surface area contributed by atoms with Crippen molar-refractivity contribution in [1.82, 2.24) is 9.62 Å². The van der Waals surface area contributed by atoms with Crippen LogP contribution in [0.25, 0.3) is 0 Å². The Bertz CT molecular complexity index is 804. The van der Waals surface area contributed by atoms with E-state index in [1.165, 1.54) is 16.4 Å². The van der Waals surface area contributed by atoms with Crippen molar-refractivity contribution in [3.05, 3.63) is 65.7 Å². The first kappa shape index (κ1) is 19.1. The summed E-state index contributed by atoms with van der Waals surface area (Å²) in [5.41, 5.74) is 1.32. The zero-order valence-electron chi connectivity index (χ0n) is 14.6. The van der Waals surface area contributed by atoms with Crippen LogP contribution in [0.2, 0.25) is 0 Å². The number of rotatable bonds is 8. The highest BCUT2D eigenvalue weighted by molar-refractivity contribution is 7.89. The Hall–Kier alpha value is -2.18. The summed E-state index contributed by atoms with van der Waals surface area (Å²) in [7, 11) is -2.02. The van der Waals surface area contributed by atoms with E-state index in [9.17, 15) is 13.2 Å². The lowest BCUT2D eigenvalue weighted by Gasteiger charge is -2.17. The molecule has 0 radical (unpaired) electrons. The lowest BCUT2D eigenvalue weighted by atomic mass is 10.2. The molecule has 5 nitrogen and oxygen atoms in total. The van der Waals surface area contributed by atoms with Gasteiger partial charge in [0.05, 0.1) is 4.90 Å². The first-order valence-corrected chi connectivity index (χ1v) is 9.77. The third-order valence-electron chi connectivity index (χ3n) is 3.93. The normalized spacial score (nSPS) is 11.5. The molecule has 134 valence electrons. The van der Waals surface area contributed by atoms with Gasteiger partial charge in [0.1, 0.15) is 0 Å². The second kappa shape index (κ2) is 8.78. The molecule has 0 bridgehead atoms. The highest BCUT2D eigenvalue weighted by Gasteiger charge is 2.21. The van der Waals surface area contributed by atoms with Crippen LogP contribution in [0, 0.1) is 0 Å². The van der Waals surface area contributed by atoms with Crippen molar-refractivity contribution < 1.29 is 13.2 Å². The van der Waals surface area contributed by atoms with Crippen molar-refractivity contribution in [2.75, 3.05) is 13.6 Å². The second-order valence-electron chi connectivity index (χ2n) is 5.88. The molecule has 0 unspecified atom stereocenters. The van der Waals surface area contributed by atoms with E-state index in [2.05, 4.69) is 5.32 Å². The Labute approximate surface area is 149 Å². The molecule has 2 rings (SSSR count). The summed E-state index contributed by atoms with van der Waals surface area (Å²) in [4.78, 5) is 12.5. The molecule has 1 N–H and O–H groups in total. The lowest BCUT2D eigenvalue weighted by Crippen LogP contribution is -2.28. The molecule has 0 aliphatic rings. The number of benzene rings is 2. The van der Waals surface area contributed by atoms with Gasteiger partial charge in [-0.25, -0.2) is 12.7 Å². The van der Waals surface area contributed by atoms with Crippen LogP contribution in [0.4, 0.5) is 0 Å². The van der Waals surface area contributed by atoms with Gasteiger partial charge in [0.25, 0.3) is 5.91 Å². The van der Waals surface area contributed by atoms with Gasteiger partial charge in [-0.1, -0.05) is 49.7 Å². The Morgan fingerprint density at radius 3 is 2.48 bits per heavy atom. The molecule has 0 fully saturated rings. The number of nitrogens with zero attached hydrogens (tertiary/aromatic N) is 1. The average molecular weight is 360 g/mol. The minimum absolute atomic E-state index is 0.137. The molecule has 2 aromatic rings. The van der Waals surface area contributed by atoms with Crippen molar-refractivity contribution in [3.8, 4) is 0 Å². The SMILES string of the molecule is CCCCN(C)S(=O)(=O)c1cccc(C(=O)NCc2ccccc2)c1. The fourth-order valence-electron chi connectivity index (χ4n) is 2.36. The number of sulfonamides is 1. The predicted octanol–water partition coefficient (Wildman–Crippen LogP) is 3.04. The molecule has 25 heavy (non-hydrogen) atoms. The van der Waals surface area contributed by atoms with Crippen molar-refractivity contribution in [3.63, 3.8) is 0 Å². The number of carbonyl (C=O) groups excluding carboxylic acids is 1. The van der Waals surface area contributed by atoms with Crippen LogP contribution in [0.5, 0.6) is 0 Å². The Morgan fingerprint density at radius 2 is 1.80 bits per heavy atom. The monoisotopic (exact) mass is 360 g/mol. The molecule has 0 aliphatic carbocycles. The topological polar surface area (TPSA) is 66.5 Å². The zero-order chi connectivity index (χ0) is 18.3. The summed E-state index contributed by atoms with van der Waals surface area (Å²) >= 11 is 0. The van der Waals surface area contributed by atoms with Gasteiger partial charge in [0, 0.05) is 25.7 Å². The van der Waals surface area contributed by atoms with E-state index >= 15 is 0 Å². The van der Waals surface area contributed by atoms with Gasteiger partial charge < -0.3 is 5.32 Å². The first-order valence-electron chi connectivity index (χ1n) is 8.33. The quantitative estimate of drug-likeness (QED) is 0.787. The molecule has 0 aliphatic heterocycles. The van der Waals surface area contributed by atoms with E-state index in [0.29, 0.717) is 18.7 Å². The maximum absolute atomic E-state index is 12.6. The molecule has 6 heteroatoms. The van der Waals surface area contributed by atoms with Crippen LogP contribution < -0.4 is 5.32 Å². The molecule has 0 saturated carbocycles.